The summed E-state index contributed by atoms with van der Waals surface area (Å²) >= 11 is 0. The Morgan fingerprint density at radius 3 is 2.35 bits per heavy atom. The second-order valence-electron chi connectivity index (χ2n) is 8.28. The molecule has 3 aliphatic rings. The summed E-state index contributed by atoms with van der Waals surface area (Å²) in [6.07, 6.45) is -11.5. The van der Waals surface area contributed by atoms with Crippen molar-refractivity contribution in [3.63, 3.8) is 0 Å². The van der Waals surface area contributed by atoms with Gasteiger partial charge in [-0.1, -0.05) is 0 Å². The van der Waals surface area contributed by atoms with E-state index in [9.17, 15) is 54.0 Å². The van der Waals surface area contributed by atoms with E-state index in [1.165, 1.54) is 0 Å². The Labute approximate surface area is 205 Å². The molecular formula is C16H22N2O17P2-2. The SMILES string of the molecule is O=c1ccn([C@@H]2O[C@H](COP(=O)([O-])OP(=O)([O-])OC[C@]34OC(CO)[C@H](O3)C(O)C4O)C(O)C2O)c(=O)[nH]1. The summed E-state index contributed by atoms with van der Waals surface area (Å²) in [4.78, 5) is 49.1. The number of aromatic nitrogens is 2. The van der Waals surface area contributed by atoms with Crippen LogP contribution in [-0.4, -0.2) is 103 Å². The molecule has 7 unspecified atom stereocenters. The third-order valence-electron chi connectivity index (χ3n) is 5.83. The predicted octanol–water partition coefficient (Wildman–Crippen LogP) is -5.65. The minimum absolute atomic E-state index is 0.646. The standard InChI is InChI=1S/C16H24N2O17P2/c19-3-6-12-11(23)13(24)16(33-6,34-12)5-31-37(28,29)35-36(26,27)30-4-7-9(21)10(22)14(32-7)18-2-1-8(20)17-15(18)25/h1-2,6-7,9-14,19,21-24H,3-5H2,(H,26,27)(H,28,29)(H,17,20,25)/p-2/t6?,7-,9?,10?,11?,12+,13?,14-,16+/m1/s1. The highest BCUT2D eigenvalue weighted by Crippen LogP contribution is 2.57. The fourth-order valence-corrected chi connectivity index (χ4v) is 6.07. The van der Waals surface area contributed by atoms with Crippen molar-refractivity contribution in [3.05, 3.63) is 33.1 Å². The van der Waals surface area contributed by atoms with E-state index >= 15 is 0 Å². The van der Waals surface area contributed by atoms with Crippen LogP contribution < -0.4 is 21.0 Å². The largest absolute Gasteiger partial charge is 0.756 e. The minimum Gasteiger partial charge on any atom is -0.756 e. The topological polar surface area (TPSA) is 292 Å². The molecule has 3 aliphatic heterocycles. The number of hydrogen-bond donors (Lipinski definition) is 6. The van der Waals surface area contributed by atoms with E-state index in [0.717, 1.165) is 16.8 Å². The van der Waals surface area contributed by atoms with Crippen molar-refractivity contribution in [2.75, 3.05) is 19.8 Å². The molecule has 1 aromatic heterocycles. The van der Waals surface area contributed by atoms with Crippen molar-refractivity contribution in [3.8, 4) is 0 Å². The van der Waals surface area contributed by atoms with E-state index in [2.05, 4.69) is 13.4 Å². The summed E-state index contributed by atoms with van der Waals surface area (Å²) < 4.78 is 53.2. The summed E-state index contributed by atoms with van der Waals surface area (Å²) in [5.41, 5.74) is -1.75. The van der Waals surface area contributed by atoms with Crippen LogP contribution in [0.3, 0.4) is 0 Å². The smallest absolute Gasteiger partial charge is 0.330 e. The maximum absolute atomic E-state index is 12.1. The Hall–Kier alpha value is -1.38. The number of fused-ring (bicyclic) bond motifs is 2. The third-order valence-corrected chi connectivity index (χ3v) is 8.34. The first-order valence-electron chi connectivity index (χ1n) is 10.5. The lowest BCUT2D eigenvalue weighted by Gasteiger charge is -2.36. The predicted molar refractivity (Wildman–Crippen MR) is 107 cm³/mol. The highest BCUT2D eigenvalue weighted by Gasteiger charge is 2.65. The maximum atomic E-state index is 12.1. The van der Waals surface area contributed by atoms with E-state index in [1.807, 2.05) is 4.98 Å². The Bertz CT molecular complexity index is 1200. The molecule has 1 aromatic rings. The number of rotatable bonds is 10. The molecule has 4 rings (SSSR count). The third kappa shape index (κ3) is 5.67. The molecule has 0 saturated carbocycles. The zero-order chi connectivity index (χ0) is 27.3. The summed E-state index contributed by atoms with van der Waals surface area (Å²) in [7, 11) is -11.5. The number of aromatic amines is 1. The molecule has 0 amide bonds. The quantitative estimate of drug-likeness (QED) is 0.141. The molecule has 21 heteroatoms. The second kappa shape index (κ2) is 10.3. The van der Waals surface area contributed by atoms with Crippen molar-refractivity contribution in [2.45, 2.75) is 54.7 Å². The molecule has 4 heterocycles. The number of H-pyrrole nitrogens is 1. The van der Waals surface area contributed by atoms with Crippen LogP contribution in [-0.2, 0) is 36.7 Å². The first kappa shape index (κ1) is 28.6. The molecule has 37 heavy (non-hydrogen) atoms. The summed E-state index contributed by atoms with van der Waals surface area (Å²) in [6, 6.07) is 0.926. The van der Waals surface area contributed by atoms with Crippen LogP contribution >= 0.6 is 15.6 Å². The molecule has 0 spiro atoms. The van der Waals surface area contributed by atoms with Crippen LogP contribution in [0.25, 0.3) is 0 Å². The average Bonchev–Trinajstić information content (AvgIpc) is 3.41. The number of phosphoric acid groups is 2. The van der Waals surface area contributed by atoms with Crippen LogP contribution in [0, 0.1) is 0 Å². The molecular weight excluding hydrogens is 554 g/mol. The summed E-state index contributed by atoms with van der Waals surface area (Å²) in [6.45, 7) is -2.88. The Kier molecular flexibility index (Phi) is 7.97. The summed E-state index contributed by atoms with van der Waals surface area (Å²) in [5.74, 6) is -2.23. The number of phosphoric ester groups is 2. The molecule has 0 aliphatic carbocycles. The average molecular weight is 576 g/mol. The number of nitrogens with zero attached hydrogens (tertiary/aromatic N) is 1. The zero-order valence-electron chi connectivity index (χ0n) is 18.4. The van der Waals surface area contributed by atoms with Crippen molar-refractivity contribution in [1.29, 1.82) is 0 Å². The lowest BCUT2D eigenvalue weighted by Crippen LogP contribution is -2.54. The van der Waals surface area contributed by atoms with Gasteiger partial charge in [-0.3, -0.25) is 23.5 Å². The van der Waals surface area contributed by atoms with Gasteiger partial charge in [-0.2, -0.15) is 0 Å². The molecule has 210 valence electrons. The highest BCUT2D eigenvalue weighted by molar-refractivity contribution is 7.59. The number of aliphatic hydroxyl groups excluding tert-OH is 5. The molecule has 6 N–H and O–H groups in total. The first-order chi connectivity index (χ1) is 17.2. The minimum atomic E-state index is -5.74. The van der Waals surface area contributed by atoms with Gasteiger partial charge in [-0.15, -0.1) is 0 Å². The number of aliphatic hydroxyl groups is 5. The van der Waals surface area contributed by atoms with Crippen LogP contribution in [0.4, 0.5) is 0 Å². The van der Waals surface area contributed by atoms with Crippen molar-refractivity contribution in [1.82, 2.24) is 9.55 Å². The van der Waals surface area contributed by atoms with E-state index in [4.69, 9.17) is 14.2 Å². The Morgan fingerprint density at radius 2 is 1.70 bits per heavy atom. The van der Waals surface area contributed by atoms with Crippen LogP contribution in [0.15, 0.2) is 21.9 Å². The van der Waals surface area contributed by atoms with Gasteiger partial charge in [0.15, 0.2) is 6.23 Å². The molecule has 0 radical (unpaired) electrons. The van der Waals surface area contributed by atoms with Gasteiger partial charge in [0.25, 0.3) is 21.2 Å². The molecule has 19 nitrogen and oxygen atoms in total. The number of nitrogens with one attached hydrogen (secondary N) is 1. The van der Waals surface area contributed by atoms with Gasteiger partial charge in [0.1, 0.15) is 49.3 Å². The van der Waals surface area contributed by atoms with E-state index in [-0.39, 0.29) is 0 Å². The molecule has 0 aromatic carbocycles. The molecule has 2 bridgehead atoms. The van der Waals surface area contributed by atoms with Gasteiger partial charge < -0.3 is 58.6 Å². The van der Waals surface area contributed by atoms with Crippen LogP contribution in [0.2, 0.25) is 0 Å². The number of ether oxygens (including phenoxy) is 3. The van der Waals surface area contributed by atoms with Crippen molar-refractivity contribution >= 4 is 15.6 Å². The number of hydrogen-bond acceptors (Lipinski definition) is 17. The zero-order valence-corrected chi connectivity index (χ0v) is 20.2. The van der Waals surface area contributed by atoms with Crippen molar-refractivity contribution in [2.24, 2.45) is 0 Å². The van der Waals surface area contributed by atoms with Gasteiger partial charge in [0.05, 0.1) is 13.2 Å². The van der Waals surface area contributed by atoms with E-state index in [1.54, 1.807) is 0 Å². The molecule has 3 saturated heterocycles. The Morgan fingerprint density at radius 1 is 1.03 bits per heavy atom. The van der Waals surface area contributed by atoms with Gasteiger partial charge >= 0.3 is 5.69 Å². The highest BCUT2D eigenvalue weighted by atomic mass is 31.3. The van der Waals surface area contributed by atoms with Gasteiger partial charge in [0, 0.05) is 12.3 Å². The van der Waals surface area contributed by atoms with Crippen molar-refractivity contribution < 1.29 is 72.0 Å². The fraction of sp³-hybridized carbons (Fsp3) is 0.750. The van der Waals surface area contributed by atoms with Gasteiger partial charge in [-0.25, -0.2) is 9.11 Å². The second-order valence-corrected chi connectivity index (χ2v) is 11.2. The first-order valence-corrected chi connectivity index (χ1v) is 13.4. The summed E-state index contributed by atoms with van der Waals surface area (Å²) in [5, 5.41) is 49.4. The lowest BCUT2D eigenvalue weighted by molar-refractivity contribution is -0.266. The monoisotopic (exact) mass is 576 g/mol. The normalized spacial score (nSPS) is 40.5. The van der Waals surface area contributed by atoms with Crippen LogP contribution in [0.1, 0.15) is 6.23 Å². The fourth-order valence-electron chi connectivity index (χ4n) is 4.05. The Balaban J connectivity index is 1.34. The lowest BCUT2D eigenvalue weighted by atomic mass is 9.98. The molecule has 11 atom stereocenters. The van der Waals surface area contributed by atoms with E-state index < -0.39 is 101 Å². The molecule has 3 fully saturated rings. The van der Waals surface area contributed by atoms with Crippen LogP contribution in [0.5, 0.6) is 0 Å². The van der Waals surface area contributed by atoms with E-state index in [0.29, 0.717) is 0 Å². The van der Waals surface area contributed by atoms with Gasteiger partial charge in [-0.05, 0) is 0 Å². The maximum Gasteiger partial charge on any atom is 0.330 e. The van der Waals surface area contributed by atoms with Gasteiger partial charge in [0.2, 0.25) is 5.79 Å².